The average Bonchev–Trinajstić information content (AvgIpc) is 2.29. The molecular weight excluding hydrogens is 234 g/mol. The minimum atomic E-state index is -1.35. The van der Waals surface area contributed by atoms with Crippen LogP contribution >= 0.6 is 0 Å². The first-order valence-electron chi connectivity index (χ1n) is 5.61. The standard InChI is InChI=1S/C12H19N3OS/c1-4-10(3)14-12(13)15-17(16)11-7-5-9(2)6-8-11/h5-8,10H,4H2,1-3H3,(H3,13,14,15). The van der Waals surface area contributed by atoms with Gasteiger partial charge in [-0.15, -0.1) is 0 Å². The first-order valence-corrected chi connectivity index (χ1v) is 6.76. The number of nitrogens with zero attached hydrogens (tertiary/aromatic N) is 1. The van der Waals surface area contributed by atoms with Crippen LogP contribution < -0.4 is 10.5 Å². The maximum atomic E-state index is 11.9. The van der Waals surface area contributed by atoms with Crippen molar-refractivity contribution in [3.8, 4) is 0 Å². The Kier molecular flexibility index (Phi) is 5.15. The molecule has 0 heterocycles. The molecule has 0 saturated heterocycles. The Morgan fingerprint density at radius 2 is 2.06 bits per heavy atom. The van der Waals surface area contributed by atoms with E-state index in [-0.39, 0.29) is 12.0 Å². The van der Waals surface area contributed by atoms with Crippen LogP contribution in [0.5, 0.6) is 0 Å². The van der Waals surface area contributed by atoms with E-state index in [4.69, 9.17) is 5.73 Å². The fourth-order valence-corrected chi connectivity index (χ4v) is 1.91. The number of aliphatic imine (C=N–C) groups is 1. The maximum absolute atomic E-state index is 11.9. The summed E-state index contributed by atoms with van der Waals surface area (Å²) in [5.41, 5.74) is 6.80. The third-order valence-electron chi connectivity index (χ3n) is 2.38. The molecule has 1 aromatic carbocycles. The Bertz CT molecular complexity index is 414. The summed E-state index contributed by atoms with van der Waals surface area (Å²) < 4.78 is 14.6. The molecule has 3 N–H and O–H groups in total. The van der Waals surface area contributed by atoms with Crippen LogP contribution in [-0.2, 0) is 11.0 Å². The highest BCUT2D eigenvalue weighted by atomic mass is 32.2. The zero-order valence-corrected chi connectivity index (χ0v) is 11.3. The van der Waals surface area contributed by atoms with Gasteiger partial charge in [-0.05, 0) is 32.4 Å². The van der Waals surface area contributed by atoms with E-state index in [1.54, 1.807) is 0 Å². The molecule has 0 saturated carbocycles. The topological polar surface area (TPSA) is 67.5 Å². The van der Waals surface area contributed by atoms with Gasteiger partial charge >= 0.3 is 0 Å². The van der Waals surface area contributed by atoms with Crippen LogP contribution in [0.3, 0.4) is 0 Å². The molecule has 0 bridgehead atoms. The molecule has 1 aromatic rings. The Morgan fingerprint density at radius 3 is 2.59 bits per heavy atom. The first kappa shape index (κ1) is 13.7. The largest absolute Gasteiger partial charge is 0.369 e. The number of aryl methyl sites for hydroxylation is 1. The summed E-state index contributed by atoms with van der Waals surface area (Å²) in [6, 6.07) is 7.59. The van der Waals surface area contributed by atoms with E-state index in [0.717, 1.165) is 12.0 Å². The average molecular weight is 253 g/mol. The molecule has 4 nitrogen and oxygen atoms in total. The second-order valence-electron chi connectivity index (χ2n) is 3.96. The van der Waals surface area contributed by atoms with E-state index in [0.29, 0.717) is 4.90 Å². The summed E-state index contributed by atoms with van der Waals surface area (Å²) in [7, 11) is -1.35. The van der Waals surface area contributed by atoms with Crippen LogP contribution in [0.2, 0.25) is 0 Å². The van der Waals surface area contributed by atoms with Gasteiger partial charge < -0.3 is 5.73 Å². The third-order valence-corrected chi connectivity index (χ3v) is 3.48. The molecule has 0 amide bonds. The molecule has 5 heteroatoms. The molecule has 2 atom stereocenters. The Balaban J connectivity index is 2.66. The van der Waals surface area contributed by atoms with Gasteiger partial charge in [-0.3, -0.25) is 4.72 Å². The normalized spacial score (nSPS) is 15.4. The van der Waals surface area contributed by atoms with Crippen molar-refractivity contribution in [3.63, 3.8) is 0 Å². The van der Waals surface area contributed by atoms with Gasteiger partial charge in [0, 0.05) is 0 Å². The molecule has 2 unspecified atom stereocenters. The minimum absolute atomic E-state index is 0.137. The van der Waals surface area contributed by atoms with E-state index in [2.05, 4.69) is 9.71 Å². The summed E-state index contributed by atoms with van der Waals surface area (Å²) in [5.74, 6) is 0.221. The van der Waals surface area contributed by atoms with Crippen molar-refractivity contribution in [1.29, 1.82) is 0 Å². The van der Waals surface area contributed by atoms with Gasteiger partial charge in [-0.25, -0.2) is 9.20 Å². The quantitative estimate of drug-likeness (QED) is 0.634. The van der Waals surface area contributed by atoms with Crippen LogP contribution in [0.1, 0.15) is 25.8 Å². The van der Waals surface area contributed by atoms with Crippen molar-refractivity contribution in [1.82, 2.24) is 4.72 Å². The van der Waals surface area contributed by atoms with Crippen LogP contribution in [-0.4, -0.2) is 16.2 Å². The molecule has 0 aromatic heterocycles. The molecule has 1 rings (SSSR count). The second-order valence-corrected chi connectivity index (χ2v) is 5.17. The summed E-state index contributed by atoms with van der Waals surface area (Å²) in [5, 5.41) is 0. The van der Waals surface area contributed by atoms with Crippen LogP contribution in [0.4, 0.5) is 0 Å². The summed E-state index contributed by atoms with van der Waals surface area (Å²) >= 11 is 0. The molecule has 17 heavy (non-hydrogen) atoms. The highest BCUT2D eigenvalue weighted by Crippen LogP contribution is 2.06. The molecular formula is C12H19N3OS. The summed E-state index contributed by atoms with van der Waals surface area (Å²) in [6.07, 6.45) is 0.902. The molecule has 0 spiro atoms. The summed E-state index contributed by atoms with van der Waals surface area (Å²) in [4.78, 5) is 4.86. The number of rotatable bonds is 4. The van der Waals surface area contributed by atoms with Gasteiger partial charge in [0.25, 0.3) is 0 Å². The fourth-order valence-electron chi connectivity index (χ4n) is 1.17. The van der Waals surface area contributed by atoms with Crippen molar-refractivity contribution >= 4 is 16.9 Å². The predicted octanol–water partition coefficient (Wildman–Crippen LogP) is 1.72. The number of nitrogens with two attached hydrogens (primary N) is 1. The molecule has 94 valence electrons. The van der Waals surface area contributed by atoms with Gasteiger partial charge in [0.15, 0.2) is 11.0 Å². The van der Waals surface area contributed by atoms with E-state index in [9.17, 15) is 4.21 Å². The SMILES string of the molecule is CCC(C)N=C(N)NS(=O)c1ccc(C)cc1. The number of benzene rings is 1. The van der Waals surface area contributed by atoms with Crippen LogP contribution in [0.15, 0.2) is 34.2 Å². The van der Waals surface area contributed by atoms with E-state index in [1.807, 2.05) is 45.0 Å². The van der Waals surface area contributed by atoms with Crippen LogP contribution in [0, 0.1) is 6.92 Å². The lowest BCUT2D eigenvalue weighted by Crippen LogP contribution is -2.34. The number of hydrogen-bond donors (Lipinski definition) is 2. The molecule has 0 aliphatic heterocycles. The van der Waals surface area contributed by atoms with E-state index in [1.165, 1.54) is 0 Å². The smallest absolute Gasteiger partial charge is 0.201 e. The van der Waals surface area contributed by atoms with Gasteiger partial charge in [0.1, 0.15) is 0 Å². The van der Waals surface area contributed by atoms with Gasteiger partial charge in [0.2, 0.25) is 5.96 Å². The van der Waals surface area contributed by atoms with Crippen molar-refractivity contribution in [2.75, 3.05) is 0 Å². The van der Waals surface area contributed by atoms with Crippen molar-refractivity contribution in [2.24, 2.45) is 10.7 Å². The monoisotopic (exact) mass is 253 g/mol. The zero-order chi connectivity index (χ0) is 12.8. The number of guanidine groups is 1. The fraction of sp³-hybridized carbons (Fsp3) is 0.417. The predicted molar refractivity (Wildman–Crippen MR) is 72.1 cm³/mol. The van der Waals surface area contributed by atoms with Gasteiger partial charge in [-0.2, -0.15) is 0 Å². The van der Waals surface area contributed by atoms with Gasteiger partial charge in [0.05, 0.1) is 10.9 Å². The molecule has 0 aliphatic carbocycles. The molecule has 0 fully saturated rings. The molecule has 0 radical (unpaired) electrons. The lowest BCUT2D eigenvalue weighted by atomic mass is 10.2. The number of hydrogen-bond acceptors (Lipinski definition) is 2. The highest BCUT2D eigenvalue weighted by molar-refractivity contribution is 7.83. The van der Waals surface area contributed by atoms with Crippen molar-refractivity contribution in [2.45, 2.75) is 38.1 Å². The lowest BCUT2D eigenvalue weighted by Gasteiger charge is -2.08. The zero-order valence-electron chi connectivity index (χ0n) is 10.4. The summed E-state index contributed by atoms with van der Waals surface area (Å²) in [6.45, 7) is 5.97. The minimum Gasteiger partial charge on any atom is -0.369 e. The number of nitrogens with one attached hydrogen (secondary N) is 1. The van der Waals surface area contributed by atoms with Crippen molar-refractivity contribution < 1.29 is 4.21 Å². The Labute approximate surface area is 105 Å². The highest BCUT2D eigenvalue weighted by Gasteiger charge is 2.05. The van der Waals surface area contributed by atoms with Crippen molar-refractivity contribution in [3.05, 3.63) is 29.8 Å². The lowest BCUT2D eigenvalue weighted by molar-refractivity contribution is 0.679. The maximum Gasteiger partial charge on any atom is 0.201 e. The van der Waals surface area contributed by atoms with E-state index < -0.39 is 11.0 Å². The third kappa shape index (κ3) is 4.56. The second kappa shape index (κ2) is 6.39. The van der Waals surface area contributed by atoms with Crippen LogP contribution in [0.25, 0.3) is 0 Å². The molecule has 0 aliphatic rings. The Hall–Kier alpha value is -1.36. The van der Waals surface area contributed by atoms with E-state index >= 15 is 0 Å². The Morgan fingerprint density at radius 1 is 1.47 bits per heavy atom. The van der Waals surface area contributed by atoms with Gasteiger partial charge in [-0.1, -0.05) is 24.6 Å². The first-order chi connectivity index (χ1) is 8.02.